The van der Waals surface area contributed by atoms with Crippen LogP contribution < -0.4 is 20.2 Å². The lowest BCUT2D eigenvalue weighted by Crippen LogP contribution is -2.20. The third-order valence-electron chi connectivity index (χ3n) is 6.30. The van der Waals surface area contributed by atoms with Gasteiger partial charge in [0.1, 0.15) is 0 Å². The van der Waals surface area contributed by atoms with E-state index in [0.29, 0.717) is 55.3 Å². The summed E-state index contributed by atoms with van der Waals surface area (Å²) >= 11 is 3.19. The molecule has 2 aromatic heterocycles. The highest BCUT2D eigenvalue weighted by atomic mass is 79.9. The summed E-state index contributed by atoms with van der Waals surface area (Å²) in [6.07, 6.45) is 0. The normalized spacial score (nSPS) is 11.3. The monoisotopic (exact) mass is 612 g/mol. The van der Waals surface area contributed by atoms with E-state index in [1.54, 1.807) is 63.6 Å². The van der Waals surface area contributed by atoms with Gasteiger partial charge in [-0.05, 0) is 83.0 Å². The van der Waals surface area contributed by atoms with E-state index in [1.165, 1.54) is 0 Å². The number of rotatable bonds is 8. The molecule has 2 amide bonds. The first-order valence-corrected chi connectivity index (χ1v) is 13.3. The lowest BCUT2D eigenvalue weighted by molar-refractivity contribution is 0.0955. The maximum absolute atomic E-state index is 13.4. The number of methoxy groups -OCH3 is 2. The van der Waals surface area contributed by atoms with E-state index in [9.17, 15) is 9.59 Å². The number of carbonyl (C=O) groups excluding carboxylic acids is 2. The highest BCUT2D eigenvalue weighted by molar-refractivity contribution is 9.10. The second kappa shape index (κ2) is 12.1. The Morgan fingerprint density at radius 1 is 0.878 bits per heavy atom. The molecule has 0 aliphatic carbocycles. The van der Waals surface area contributed by atoms with Crippen molar-refractivity contribution in [3.05, 3.63) is 106 Å². The molecule has 5 aromatic rings. The molecule has 5 rings (SSSR count). The molecule has 0 aliphatic rings. The largest absolute Gasteiger partial charge is 0.493 e. The molecular formula is C31H25BrN4O5. The van der Waals surface area contributed by atoms with Crippen LogP contribution in [0.25, 0.3) is 22.2 Å². The van der Waals surface area contributed by atoms with Gasteiger partial charge in [0.05, 0.1) is 36.7 Å². The van der Waals surface area contributed by atoms with Crippen LogP contribution in [-0.4, -0.2) is 36.7 Å². The summed E-state index contributed by atoms with van der Waals surface area (Å²) < 4.78 is 16.6. The van der Waals surface area contributed by atoms with Gasteiger partial charge in [0.2, 0.25) is 0 Å². The number of nitrogens with zero attached hydrogens (tertiary/aromatic N) is 2. The average molecular weight is 613 g/mol. The summed E-state index contributed by atoms with van der Waals surface area (Å²) in [4.78, 5) is 30.6. The summed E-state index contributed by atoms with van der Waals surface area (Å²) in [5, 5.41) is 7.82. The van der Waals surface area contributed by atoms with Crippen molar-refractivity contribution in [3.63, 3.8) is 0 Å². The fourth-order valence-corrected chi connectivity index (χ4v) is 4.52. The first-order valence-electron chi connectivity index (χ1n) is 12.5. The van der Waals surface area contributed by atoms with Gasteiger partial charge < -0.3 is 19.2 Å². The number of hydrogen-bond donors (Lipinski definition) is 2. The van der Waals surface area contributed by atoms with E-state index in [-0.39, 0.29) is 11.7 Å². The zero-order chi connectivity index (χ0) is 28.9. The molecule has 0 bridgehead atoms. The molecule has 41 heavy (non-hydrogen) atoms. The SMILES string of the molecule is COc1ccc(-c2cc(C(=O)N/N=C(/C)c3cccc(NC(=O)c4ccc(Br)o4)c3)c3ccccc3n2)cc1OC. The van der Waals surface area contributed by atoms with E-state index in [1.807, 2.05) is 42.5 Å². The van der Waals surface area contributed by atoms with Crippen LogP contribution in [0.4, 0.5) is 5.69 Å². The number of benzene rings is 3. The van der Waals surface area contributed by atoms with Gasteiger partial charge in [0, 0.05) is 16.6 Å². The number of halogens is 1. The van der Waals surface area contributed by atoms with Crippen molar-refractivity contribution < 1.29 is 23.5 Å². The Morgan fingerprint density at radius 2 is 1.68 bits per heavy atom. The van der Waals surface area contributed by atoms with Crippen LogP contribution in [0.2, 0.25) is 0 Å². The van der Waals surface area contributed by atoms with Crippen LogP contribution in [0.15, 0.2) is 99.1 Å². The van der Waals surface area contributed by atoms with Crippen LogP contribution in [0.3, 0.4) is 0 Å². The average Bonchev–Trinajstić information content (AvgIpc) is 3.45. The van der Waals surface area contributed by atoms with E-state index in [2.05, 4.69) is 31.8 Å². The number of pyridine rings is 1. The fourth-order valence-electron chi connectivity index (χ4n) is 4.22. The van der Waals surface area contributed by atoms with E-state index in [0.717, 1.165) is 5.56 Å². The third-order valence-corrected chi connectivity index (χ3v) is 6.73. The minimum Gasteiger partial charge on any atom is -0.493 e. The Balaban J connectivity index is 1.40. The zero-order valence-corrected chi connectivity index (χ0v) is 24.0. The van der Waals surface area contributed by atoms with Gasteiger partial charge in [-0.2, -0.15) is 5.10 Å². The van der Waals surface area contributed by atoms with Gasteiger partial charge in [-0.3, -0.25) is 9.59 Å². The Labute approximate surface area is 244 Å². The van der Waals surface area contributed by atoms with Gasteiger partial charge >= 0.3 is 0 Å². The molecular weight excluding hydrogens is 588 g/mol. The number of amides is 2. The molecule has 9 nitrogen and oxygen atoms in total. The van der Waals surface area contributed by atoms with E-state index < -0.39 is 5.91 Å². The first-order chi connectivity index (χ1) is 19.9. The van der Waals surface area contributed by atoms with Crippen LogP contribution in [-0.2, 0) is 0 Å². The number of hydrogen-bond acceptors (Lipinski definition) is 7. The van der Waals surface area contributed by atoms with Crippen molar-refractivity contribution >= 4 is 50.0 Å². The minimum atomic E-state index is -0.391. The van der Waals surface area contributed by atoms with Crippen molar-refractivity contribution in [1.29, 1.82) is 0 Å². The molecule has 2 N–H and O–H groups in total. The predicted molar refractivity (Wildman–Crippen MR) is 161 cm³/mol. The second-order valence-electron chi connectivity index (χ2n) is 8.92. The maximum atomic E-state index is 13.4. The van der Waals surface area contributed by atoms with E-state index >= 15 is 0 Å². The summed E-state index contributed by atoms with van der Waals surface area (Å²) in [6.45, 7) is 1.77. The number of para-hydroxylation sites is 1. The quantitative estimate of drug-likeness (QED) is 0.149. The van der Waals surface area contributed by atoms with Crippen molar-refractivity contribution in [2.45, 2.75) is 6.92 Å². The molecule has 0 fully saturated rings. The lowest BCUT2D eigenvalue weighted by Gasteiger charge is -2.12. The summed E-state index contributed by atoms with van der Waals surface area (Å²) in [5.74, 6) is 0.555. The maximum Gasteiger partial charge on any atom is 0.291 e. The van der Waals surface area contributed by atoms with Crippen molar-refractivity contribution in [2.75, 3.05) is 19.5 Å². The van der Waals surface area contributed by atoms with Gasteiger partial charge in [0.15, 0.2) is 21.9 Å². The lowest BCUT2D eigenvalue weighted by atomic mass is 10.0. The highest BCUT2D eigenvalue weighted by Gasteiger charge is 2.16. The van der Waals surface area contributed by atoms with Crippen molar-refractivity contribution in [1.82, 2.24) is 10.4 Å². The molecule has 0 aliphatic heterocycles. The molecule has 206 valence electrons. The summed E-state index contributed by atoms with van der Waals surface area (Å²) in [5.41, 5.74) is 6.94. The number of nitrogens with one attached hydrogen (secondary N) is 2. The van der Waals surface area contributed by atoms with Crippen LogP contribution in [0.1, 0.15) is 33.4 Å². The minimum absolute atomic E-state index is 0.178. The molecule has 3 aromatic carbocycles. The van der Waals surface area contributed by atoms with Crippen molar-refractivity contribution in [3.8, 4) is 22.8 Å². The summed E-state index contributed by atoms with van der Waals surface area (Å²) in [7, 11) is 3.14. The zero-order valence-electron chi connectivity index (χ0n) is 22.4. The van der Waals surface area contributed by atoms with Gasteiger partial charge in [0.25, 0.3) is 11.8 Å². The smallest absolute Gasteiger partial charge is 0.291 e. The number of furan rings is 1. The van der Waals surface area contributed by atoms with Gasteiger partial charge in [-0.15, -0.1) is 0 Å². The Morgan fingerprint density at radius 3 is 2.44 bits per heavy atom. The number of aromatic nitrogens is 1. The number of hydrazone groups is 1. The van der Waals surface area contributed by atoms with Gasteiger partial charge in [-0.25, -0.2) is 10.4 Å². The second-order valence-corrected chi connectivity index (χ2v) is 9.70. The fraction of sp³-hybridized carbons (Fsp3) is 0.0968. The topological polar surface area (TPSA) is 115 Å². The van der Waals surface area contributed by atoms with Crippen LogP contribution >= 0.6 is 15.9 Å². The highest BCUT2D eigenvalue weighted by Crippen LogP contribution is 2.33. The molecule has 0 saturated carbocycles. The molecule has 0 radical (unpaired) electrons. The number of fused-ring (bicyclic) bond motifs is 1. The molecule has 0 spiro atoms. The first kappa shape index (κ1) is 27.6. The summed E-state index contributed by atoms with van der Waals surface area (Å²) in [6, 6.07) is 25.0. The molecule has 10 heteroatoms. The third kappa shape index (κ3) is 6.12. The number of ether oxygens (including phenoxy) is 2. The molecule has 0 atom stereocenters. The van der Waals surface area contributed by atoms with Gasteiger partial charge in [-0.1, -0.05) is 30.3 Å². The van der Waals surface area contributed by atoms with Crippen LogP contribution in [0.5, 0.6) is 11.5 Å². The van der Waals surface area contributed by atoms with Crippen LogP contribution in [0, 0.1) is 0 Å². The van der Waals surface area contributed by atoms with E-state index in [4.69, 9.17) is 18.9 Å². The number of anilines is 1. The predicted octanol–water partition coefficient (Wildman–Crippen LogP) is 6.68. The Hall–Kier alpha value is -4.96. The Kier molecular flexibility index (Phi) is 8.11. The standard InChI is InChI=1S/C31H25BrN4O5/c1-18(19-7-6-8-21(15-19)33-31(38)27-13-14-29(32)41-27)35-36-30(37)23-17-25(34-24-10-5-4-9-22(23)24)20-11-12-26(39-2)28(16-20)40-3/h4-17H,1-3H3,(H,33,38)(H,36,37)/b35-18-. The Bertz CT molecular complexity index is 1800. The number of carbonyl (C=O) groups is 2. The molecule has 2 heterocycles. The molecule has 0 unspecified atom stereocenters. The van der Waals surface area contributed by atoms with Crippen molar-refractivity contribution in [2.24, 2.45) is 5.10 Å². The molecule has 0 saturated heterocycles.